The summed E-state index contributed by atoms with van der Waals surface area (Å²) in [6.07, 6.45) is 0.890. The second-order valence-corrected chi connectivity index (χ2v) is 6.69. The van der Waals surface area contributed by atoms with E-state index in [1.54, 1.807) is 41.2 Å². The highest BCUT2D eigenvalue weighted by atomic mass is 19.1. The summed E-state index contributed by atoms with van der Waals surface area (Å²) in [4.78, 5) is 24.3. The number of anilines is 3. The molecule has 0 atom stereocenters. The van der Waals surface area contributed by atoms with Crippen LogP contribution in [0.4, 0.5) is 26.5 Å². The largest absolute Gasteiger partial charge is 0.453 e. The van der Waals surface area contributed by atoms with Crippen LogP contribution in [0.15, 0.2) is 54.7 Å². The van der Waals surface area contributed by atoms with Crippen molar-refractivity contribution in [2.45, 2.75) is 6.54 Å². The summed E-state index contributed by atoms with van der Waals surface area (Å²) in [5, 5.41) is 6.92. The Labute approximate surface area is 182 Å². The van der Waals surface area contributed by atoms with Gasteiger partial charge in [-0.3, -0.25) is 15.0 Å². The zero-order valence-electron chi connectivity index (χ0n) is 17.0. The Morgan fingerprint density at radius 2 is 1.81 bits per heavy atom. The summed E-state index contributed by atoms with van der Waals surface area (Å²) in [6.45, 7) is 0.158. The lowest BCUT2D eigenvalue weighted by Gasteiger charge is -2.09. The minimum Gasteiger partial charge on any atom is -0.453 e. The quantitative estimate of drug-likeness (QED) is 0.434. The fourth-order valence-corrected chi connectivity index (χ4v) is 3.05. The molecule has 4 aromatic rings. The maximum absolute atomic E-state index is 14.3. The molecule has 0 radical (unpaired) electrons. The maximum Gasteiger partial charge on any atom is 0.411 e. The molecule has 0 spiro atoms. The molecule has 0 bridgehead atoms. The first kappa shape index (κ1) is 20.7. The number of ether oxygens (including phenoxy) is 1. The Hall–Kier alpha value is -4.54. The lowest BCUT2D eigenvalue weighted by molar-refractivity contribution is 0.187. The number of benzene rings is 1. The Morgan fingerprint density at radius 3 is 2.47 bits per heavy atom. The summed E-state index contributed by atoms with van der Waals surface area (Å²) in [5.74, 6) is -0.318. The average Bonchev–Trinajstić information content (AvgIpc) is 3.22. The van der Waals surface area contributed by atoms with Crippen LogP contribution in [0.5, 0.6) is 0 Å². The van der Waals surface area contributed by atoms with E-state index < -0.39 is 6.09 Å². The zero-order valence-corrected chi connectivity index (χ0v) is 17.0. The van der Waals surface area contributed by atoms with E-state index in [0.29, 0.717) is 22.6 Å². The molecule has 0 aliphatic carbocycles. The first-order chi connectivity index (χ1) is 15.5. The van der Waals surface area contributed by atoms with E-state index in [9.17, 15) is 9.18 Å². The Bertz CT molecular complexity index is 1250. The van der Waals surface area contributed by atoms with E-state index in [-0.39, 0.29) is 35.5 Å². The normalized spacial score (nSPS) is 10.7. The number of nitrogens with two attached hydrogens (primary N) is 2. The zero-order chi connectivity index (χ0) is 22.7. The molecule has 1 aromatic carbocycles. The highest BCUT2D eigenvalue weighted by Gasteiger charge is 2.19. The summed E-state index contributed by atoms with van der Waals surface area (Å²) in [5.41, 5.74) is 14.0. The number of carbonyl (C=O) groups excluding carboxylic acids is 1. The van der Waals surface area contributed by atoms with E-state index in [4.69, 9.17) is 11.5 Å². The van der Waals surface area contributed by atoms with Crippen molar-refractivity contribution in [3.05, 3.63) is 66.1 Å². The molecule has 0 aliphatic heterocycles. The van der Waals surface area contributed by atoms with Gasteiger partial charge in [0.15, 0.2) is 17.5 Å². The molecule has 0 aliphatic rings. The molecule has 1 amide bonds. The van der Waals surface area contributed by atoms with Crippen molar-refractivity contribution in [3.63, 3.8) is 0 Å². The molecule has 162 valence electrons. The van der Waals surface area contributed by atoms with Crippen molar-refractivity contribution in [1.29, 1.82) is 0 Å². The van der Waals surface area contributed by atoms with Crippen LogP contribution in [0.2, 0.25) is 0 Å². The van der Waals surface area contributed by atoms with Crippen molar-refractivity contribution >= 4 is 23.4 Å². The predicted octanol–water partition coefficient (Wildman–Crippen LogP) is 2.93. The number of halogens is 1. The van der Waals surface area contributed by atoms with Gasteiger partial charge in [-0.1, -0.05) is 24.3 Å². The minimum atomic E-state index is -0.758. The molecular formula is C21H19FN8O2. The molecule has 11 heteroatoms. The molecule has 0 saturated carbocycles. The molecule has 0 fully saturated rings. The Morgan fingerprint density at radius 1 is 1.09 bits per heavy atom. The van der Waals surface area contributed by atoms with Crippen LogP contribution >= 0.6 is 0 Å². The number of pyridine rings is 1. The molecule has 4 rings (SSSR count). The first-order valence-electron chi connectivity index (χ1n) is 9.47. The van der Waals surface area contributed by atoms with Crippen molar-refractivity contribution < 1.29 is 13.9 Å². The first-order valence-corrected chi connectivity index (χ1v) is 9.47. The van der Waals surface area contributed by atoms with Gasteiger partial charge in [0.25, 0.3) is 0 Å². The number of hydrogen-bond acceptors (Lipinski definition) is 8. The van der Waals surface area contributed by atoms with Gasteiger partial charge in [0.05, 0.1) is 25.0 Å². The van der Waals surface area contributed by atoms with E-state index >= 15 is 0 Å². The molecule has 10 nitrogen and oxygen atoms in total. The molecule has 0 unspecified atom stereocenters. The van der Waals surface area contributed by atoms with Crippen LogP contribution in [0.25, 0.3) is 22.9 Å². The summed E-state index contributed by atoms with van der Waals surface area (Å²) in [7, 11) is 1.21. The standard InChI is InChI=1S/C21H19FN8O2/c1-32-21(31)26-17-18(23)27-20(28-19(17)24)15-10-16(14-8-4-5-9-25-14)30(29-15)11-12-6-2-3-7-13(12)22/h2-10H,11H2,1H3,(H,26,31)(H4,23,24,27,28). The second-order valence-electron chi connectivity index (χ2n) is 6.69. The number of nitrogen functional groups attached to an aromatic ring is 2. The van der Waals surface area contributed by atoms with Crippen LogP contribution in [0, 0.1) is 5.82 Å². The fourth-order valence-electron chi connectivity index (χ4n) is 3.05. The summed E-state index contributed by atoms with van der Waals surface area (Å²) in [6, 6.07) is 13.6. The van der Waals surface area contributed by atoms with Gasteiger partial charge in [0, 0.05) is 11.8 Å². The third-order valence-electron chi connectivity index (χ3n) is 4.59. The topological polar surface area (TPSA) is 147 Å². The monoisotopic (exact) mass is 434 g/mol. The molecule has 5 N–H and O–H groups in total. The van der Waals surface area contributed by atoms with E-state index in [1.807, 2.05) is 12.1 Å². The van der Waals surface area contributed by atoms with E-state index in [2.05, 4.69) is 30.1 Å². The number of carbonyl (C=O) groups is 1. The summed E-state index contributed by atoms with van der Waals surface area (Å²) < 4.78 is 20.4. The van der Waals surface area contributed by atoms with E-state index in [1.165, 1.54) is 13.2 Å². The van der Waals surface area contributed by atoms with E-state index in [0.717, 1.165) is 0 Å². The van der Waals surface area contributed by atoms with Crippen molar-refractivity contribution in [2.24, 2.45) is 0 Å². The number of aromatic nitrogens is 5. The summed E-state index contributed by atoms with van der Waals surface area (Å²) >= 11 is 0. The van der Waals surface area contributed by atoms with Crippen molar-refractivity contribution in [1.82, 2.24) is 24.7 Å². The molecule has 3 aromatic heterocycles. The van der Waals surface area contributed by atoms with Gasteiger partial charge in [-0.25, -0.2) is 19.2 Å². The number of nitrogens with one attached hydrogen (secondary N) is 1. The van der Waals surface area contributed by atoms with Gasteiger partial charge in [0.1, 0.15) is 17.2 Å². The van der Waals surface area contributed by atoms with Gasteiger partial charge >= 0.3 is 6.09 Å². The molecule has 32 heavy (non-hydrogen) atoms. The predicted molar refractivity (Wildman–Crippen MR) is 117 cm³/mol. The molecular weight excluding hydrogens is 415 g/mol. The van der Waals surface area contributed by atoms with Crippen LogP contribution in [0.1, 0.15) is 5.56 Å². The third kappa shape index (κ3) is 4.17. The highest BCUT2D eigenvalue weighted by molar-refractivity contribution is 5.92. The number of rotatable bonds is 5. The van der Waals surface area contributed by atoms with Crippen LogP contribution < -0.4 is 16.8 Å². The number of methoxy groups -OCH3 is 1. The van der Waals surface area contributed by atoms with Crippen LogP contribution in [-0.4, -0.2) is 37.9 Å². The van der Waals surface area contributed by atoms with Gasteiger partial charge in [-0.2, -0.15) is 5.10 Å². The van der Waals surface area contributed by atoms with Gasteiger partial charge < -0.3 is 16.2 Å². The van der Waals surface area contributed by atoms with Gasteiger partial charge in [-0.05, 0) is 24.3 Å². The minimum absolute atomic E-state index is 0.0383. The second kappa shape index (κ2) is 8.68. The van der Waals surface area contributed by atoms with Gasteiger partial charge in [-0.15, -0.1) is 0 Å². The number of amides is 1. The fraction of sp³-hybridized carbons (Fsp3) is 0.0952. The Balaban J connectivity index is 1.78. The SMILES string of the molecule is COC(=O)Nc1c(N)nc(-c2cc(-c3ccccn3)n(Cc3ccccc3F)n2)nc1N. The highest BCUT2D eigenvalue weighted by Crippen LogP contribution is 2.29. The van der Waals surface area contributed by atoms with Crippen molar-refractivity contribution in [2.75, 3.05) is 23.9 Å². The average molecular weight is 434 g/mol. The molecule has 3 heterocycles. The lowest BCUT2D eigenvalue weighted by atomic mass is 10.2. The van der Waals surface area contributed by atoms with Gasteiger partial charge in [0.2, 0.25) is 0 Å². The van der Waals surface area contributed by atoms with Crippen LogP contribution in [0.3, 0.4) is 0 Å². The number of nitrogens with zero attached hydrogens (tertiary/aromatic N) is 5. The number of hydrogen-bond donors (Lipinski definition) is 3. The maximum atomic E-state index is 14.3. The van der Waals surface area contributed by atoms with Crippen LogP contribution in [-0.2, 0) is 11.3 Å². The third-order valence-corrected chi connectivity index (χ3v) is 4.59. The Kier molecular flexibility index (Phi) is 5.62. The smallest absolute Gasteiger partial charge is 0.411 e. The lowest BCUT2D eigenvalue weighted by Crippen LogP contribution is -2.16. The van der Waals surface area contributed by atoms with Crippen molar-refractivity contribution in [3.8, 4) is 22.9 Å². The molecule has 0 saturated heterocycles.